The van der Waals surface area contributed by atoms with Crippen LogP contribution in [0.5, 0.6) is 0 Å². The van der Waals surface area contributed by atoms with Crippen LogP contribution in [0.2, 0.25) is 0 Å². The predicted molar refractivity (Wildman–Crippen MR) is 58.9 cm³/mol. The third-order valence-corrected chi connectivity index (χ3v) is 2.41. The Bertz CT molecular complexity index is 640. The number of hydrogen-bond donors (Lipinski definition) is 0. The summed E-state index contributed by atoms with van der Waals surface area (Å²) in [5, 5.41) is 12.0. The van der Waals surface area contributed by atoms with Gasteiger partial charge in [0, 0.05) is 5.56 Å². The van der Waals surface area contributed by atoms with Crippen molar-refractivity contribution in [2.75, 3.05) is 0 Å². The van der Waals surface area contributed by atoms with E-state index in [1.165, 1.54) is 6.07 Å². The minimum absolute atomic E-state index is 0.0150. The van der Waals surface area contributed by atoms with Crippen LogP contribution < -0.4 is 0 Å². The van der Waals surface area contributed by atoms with Crippen LogP contribution >= 0.6 is 0 Å². The van der Waals surface area contributed by atoms with E-state index in [1.54, 1.807) is 19.1 Å². The molecule has 98 valence electrons. The molecule has 1 aromatic heterocycles. The van der Waals surface area contributed by atoms with Crippen LogP contribution in [0.15, 0.2) is 22.7 Å². The molecule has 0 atom stereocenters. The van der Waals surface area contributed by atoms with E-state index in [9.17, 15) is 13.2 Å². The summed E-state index contributed by atoms with van der Waals surface area (Å²) in [6.45, 7) is 1.71. The van der Waals surface area contributed by atoms with Crippen molar-refractivity contribution in [3.05, 3.63) is 35.2 Å². The van der Waals surface area contributed by atoms with Crippen molar-refractivity contribution in [2.24, 2.45) is 0 Å². The van der Waals surface area contributed by atoms with Gasteiger partial charge in [-0.3, -0.25) is 0 Å². The first-order chi connectivity index (χ1) is 8.89. The van der Waals surface area contributed by atoms with Gasteiger partial charge in [-0.05, 0) is 30.7 Å². The summed E-state index contributed by atoms with van der Waals surface area (Å²) >= 11 is 0. The van der Waals surface area contributed by atoms with E-state index in [2.05, 4.69) is 10.1 Å². The first-order valence-electron chi connectivity index (χ1n) is 5.29. The standard InChI is InChI=1S/C12H8F3N3O/c1-7-4-8(6-16)2-3-9(7)11-17-10(18-19-11)5-12(13,14)15/h2-4H,5H2,1H3. The first-order valence-corrected chi connectivity index (χ1v) is 5.29. The van der Waals surface area contributed by atoms with Gasteiger partial charge in [-0.2, -0.15) is 23.4 Å². The molecule has 0 unspecified atom stereocenters. The molecule has 2 rings (SSSR count). The van der Waals surface area contributed by atoms with Gasteiger partial charge in [0.25, 0.3) is 5.89 Å². The molecule has 1 aromatic carbocycles. The van der Waals surface area contributed by atoms with Gasteiger partial charge in [0.15, 0.2) is 5.82 Å². The highest BCUT2D eigenvalue weighted by atomic mass is 19.4. The zero-order valence-corrected chi connectivity index (χ0v) is 9.82. The summed E-state index contributed by atoms with van der Waals surface area (Å²) in [5.74, 6) is -0.396. The van der Waals surface area contributed by atoms with Crippen molar-refractivity contribution in [1.29, 1.82) is 5.26 Å². The molecule has 2 aromatic rings. The fourth-order valence-electron chi connectivity index (χ4n) is 1.59. The average Bonchev–Trinajstić information content (AvgIpc) is 2.74. The van der Waals surface area contributed by atoms with Crippen molar-refractivity contribution >= 4 is 0 Å². The molecule has 0 aliphatic carbocycles. The van der Waals surface area contributed by atoms with Crippen LogP contribution in [0.4, 0.5) is 13.2 Å². The molecule has 0 aliphatic rings. The molecule has 0 N–H and O–H groups in total. The molecule has 0 saturated carbocycles. The lowest BCUT2D eigenvalue weighted by atomic mass is 10.1. The van der Waals surface area contributed by atoms with E-state index in [0.717, 1.165) is 0 Å². The summed E-state index contributed by atoms with van der Waals surface area (Å²) in [4.78, 5) is 3.70. The smallest absolute Gasteiger partial charge is 0.334 e. The van der Waals surface area contributed by atoms with E-state index in [-0.39, 0.29) is 5.89 Å². The summed E-state index contributed by atoms with van der Waals surface area (Å²) in [6, 6.07) is 6.67. The number of rotatable bonds is 2. The summed E-state index contributed by atoms with van der Waals surface area (Å²) in [7, 11) is 0. The summed E-state index contributed by atoms with van der Waals surface area (Å²) < 4.78 is 41.3. The Hall–Kier alpha value is -2.36. The summed E-state index contributed by atoms with van der Waals surface area (Å²) in [6.07, 6.45) is -5.60. The second-order valence-corrected chi connectivity index (χ2v) is 3.95. The van der Waals surface area contributed by atoms with Crippen molar-refractivity contribution in [1.82, 2.24) is 10.1 Å². The molecule has 0 bridgehead atoms. The highest BCUT2D eigenvalue weighted by Crippen LogP contribution is 2.25. The average molecular weight is 267 g/mol. The Morgan fingerprint density at radius 2 is 2.11 bits per heavy atom. The molecule has 19 heavy (non-hydrogen) atoms. The topological polar surface area (TPSA) is 62.7 Å². The maximum Gasteiger partial charge on any atom is 0.396 e. The number of halogens is 3. The van der Waals surface area contributed by atoms with Gasteiger partial charge in [-0.25, -0.2) is 0 Å². The van der Waals surface area contributed by atoms with Crippen LogP contribution in [0.1, 0.15) is 17.0 Å². The number of aromatic nitrogens is 2. The van der Waals surface area contributed by atoms with Crippen LogP contribution in [0.3, 0.4) is 0 Å². The lowest BCUT2D eigenvalue weighted by Gasteiger charge is -2.01. The van der Waals surface area contributed by atoms with Gasteiger partial charge in [-0.15, -0.1) is 0 Å². The fraction of sp³-hybridized carbons (Fsp3) is 0.250. The molecule has 1 heterocycles. The van der Waals surface area contributed by atoms with Crippen LogP contribution in [-0.4, -0.2) is 16.3 Å². The maximum atomic E-state index is 12.2. The maximum absolute atomic E-state index is 12.2. The van der Waals surface area contributed by atoms with Gasteiger partial charge in [0.2, 0.25) is 0 Å². The van der Waals surface area contributed by atoms with E-state index in [1.807, 2.05) is 6.07 Å². The minimum atomic E-state index is -4.37. The Labute approximate surface area is 106 Å². The molecule has 0 spiro atoms. The highest BCUT2D eigenvalue weighted by Gasteiger charge is 2.30. The van der Waals surface area contributed by atoms with Gasteiger partial charge >= 0.3 is 6.18 Å². The normalized spacial score (nSPS) is 11.3. The Morgan fingerprint density at radius 3 is 2.68 bits per heavy atom. The van der Waals surface area contributed by atoms with Crippen molar-refractivity contribution < 1.29 is 17.7 Å². The van der Waals surface area contributed by atoms with Gasteiger partial charge in [-0.1, -0.05) is 5.16 Å². The molecule has 4 nitrogen and oxygen atoms in total. The van der Waals surface area contributed by atoms with Crippen LogP contribution in [0.25, 0.3) is 11.5 Å². The van der Waals surface area contributed by atoms with E-state index >= 15 is 0 Å². The van der Waals surface area contributed by atoms with Crippen molar-refractivity contribution in [3.8, 4) is 17.5 Å². The highest BCUT2D eigenvalue weighted by molar-refractivity contribution is 5.60. The second kappa shape index (κ2) is 4.72. The van der Waals surface area contributed by atoms with E-state index < -0.39 is 18.4 Å². The zero-order valence-electron chi connectivity index (χ0n) is 9.82. The fourth-order valence-corrected chi connectivity index (χ4v) is 1.59. The Balaban J connectivity index is 2.31. The number of benzene rings is 1. The summed E-state index contributed by atoms with van der Waals surface area (Å²) in [5.41, 5.74) is 1.65. The predicted octanol–water partition coefficient (Wildman–Crippen LogP) is 3.02. The molecule has 0 amide bonds. The van der Waals surface area contributed by atoms with Gasteiger partial charge < -0.3 is 4.52 Å². The number of nitriles is 1. The molecule has 0 fully saturated rings. The molecular weight excluding hydrogens is 259 g/mol. The van der Waals surface area contributed by atoms with Gasteiger partial charge in [0.1, 0.15) is 6.42 Å². The Morgan fingerprint density at radius 1 is 1.37 bits per heavy atom. The monoisotopic (exact) mass is 267 g/mol. The van der Waals surface area contributed by atoms with Crippen molar-refractivity contribution in [2.45, 2.75) is 19.5 Å². The molecule has 7 heteroatoms. The largest absolute Gasteiger partial charge is 0.396 e. The molecule has 0 radical (unpaired) electrons. The molecular formula is C12H8F3N3O. The second-order valence-electron chi connectivity index (χ2n) is 3.95. The third-order valence-electron chi connectivity index (χ3n) is 2.41. The molecule has 0 aliphatic heterocycles. The SMILES string of the molecule is Cc1cc(C#N)ccc1-c1nc(CC(F)(F)F)no1. The van der Waals surface area contributed by atoms with Crippen molar-refractivity contribution in [3.63, 3.8) is 0 Å². The number of aryl methyl sites for hydroxylation is 1. The van der Waals surface area contributed by atoms with Crippen LogP contribution in [0, 0.1) is 18.3 Å². The lowest BCUT2D eigenvalue weighted by Crippen LogP contribution is -2.12. The minimum Gasteiger partial charge on any atom is -0.334 e. The first kappa shape index (κ1) is 13.1. The van der Waals surface area contributed by atoms with Crippen LogP contribution in [-0.2, 0) is 6.42 Å². The van der Waals surface area contributed by atoms with E-state index in [4.69, 9.17) is 9.78 Å². The lowest BCUT2D eigenvalue weighted by molar-refractivity contribution is -0.128. The van der Waals surface area contributed by atoms with Gasteiger partial charge in [0.05, 0.1) is 11.6 Å². The number of alkyl halides is 3. The Kier molecular flexibility index (Phi) is 3.25. The third kappa shape index (κ3) is 3.10. The number of hydrogen-bond acceptors (Lipinski definition) is 4. The zero-order chi connectivity index (χ0) is 14.0. The molecule has 0 saturated heterocycles. The van der Waals surface area contributed by atoms with E-state index in [0.29, 0.717) is 16.7 Å². The number of nitrogens with zero attached hydrogens (tertiary/aromatic N) is 3. The quantitative estimate of drug-likeness (QED) is 0.839.